The predicted molar refractivity (Wildman–Crippen MR) is 63.0 cm³/mol. The van der Waals surface area contributed by atoms with Gasteiger partial charge in [0.1, 0.15) is 6.07 Å². The minimum absolute atomic E-state index is 0.124. The van der Waals surface area contributed by atoms with E-state index in [0.717, 1.165) is 12.1 Å². The first-order valence-corrected chi connectivity index (χ1v) is 5.38. The van der Waals surface area contributed by atoms with Crippen molar-refractivity contribution in [3.8, 4) is 6.07 Å². The molecule has 0 saturated heterocycles. The lowest BCUT2D eigenvalue weighted by atomic mass is 9.94. The van der Waals surface area contributed by atoms with Crippen LogP contribution in [-0.2, 0) is 0 Å². The van der Waals surface area contributed by atoms with Gasteiger partial charge in [-0.05, 0) is 25.8 Å². The lowest BCUT2D eigenvalue weighted by molar-refractivity contribution is 0.252. The molecule has 86 valence electrons. The number of aliphatic hydroxyl groups is 1. The first-order chi connectivity index (χ1) is 7.65. The number of hydrogen-bond acceptors (Lipinski definition) is 4. The summed E-state index contributed by atoms with van der Waals surface area (Å²) in [5.74, 6) is 0. The standard InChI is InChI=1S/C12H17N3O/c1-3-12(2,5-7-16)15-11-9-14-6-4-10(11)8-13/h4,6,9,15-16H,3,5,7H2,1-2H3. The van der Waals surface area contributed by atoms with E-state index in [9.17, 15) is 0 Å². The summed E-state index contributed by atoms with van der Waals surface area (Å²) >= 11 is 0. The third-order valence-electron chi connectivity index (χ3n) is 2.82. The van der Waals surface area contributed by atoms with Gasteiger partial charge in [-0.15, -0.1) is 0 Å². The van der Waals surface area contributed by atoms with Gasteiger partial charge in [-0.2, -0.15) is 5.26 Å². The number of aliphatic hydroxyl groups excluding tert-OH is 1. The molecule has 0 fully saturated rings. The van der Waals surface area contributed by atoms with Gasteiger partial charge in [0, 0.05) is 18.3 Å². The molecule has 0 spiro atoms. The van der Waals surface area contributed by atoms with Crippen molar-refractivity contribution in [2.24, 2.45) is 0 Å². The molecule has 1 unspecified atom stereocenters. The molecule has 0 radical (unpaired) electrons. The summed E-state index contributed by atoms with van der Waals surface area (Å²) in [6.07, 6.45) is 4.75. The second-order valence-electron chi connectivity index (χ2n) is 4.05. The van der Waals surface area contributed by atoms with Crippen LogP contribution in [-0.4, -0.2) is 22.2 Å². The minimum Gasteiger partial charge on any atom is -0.396 e. The number of rotatable bonds is 5. The Hall–Kier alpha value is -1.60. The normalized spacial score (nSPS) is 13.9. The quantitative estimate of drug-likeness (QED) is 0.793. The van der Waals surface area contributed by atoms with Gasteiger partial charge < -0.3 is 10.4 Å². The highest BCUT2D eigenvalue weighted by Crippen LogP contribution is 2.23. The van der Waals surface area contributed by atoms with Crippen molar-refractivity contribution in [3.63, 3.8) is 0 Å². The fraction of sp³-hybridized carbons (Fsp3) is 0.500. The lowest BCUT2D eigenvalue weighted by Gasteiger charge is -2.30. The van der Waals surface area contributed by atoms with E-state index in [2.05, 4.69) is 16.4 Å². The number of aromatic nitrogens is 1. The van der Waals surface area contributed by atoms with Crippen molar-refractivity contribution in [3.05, 3.63) is 24.0 Å². The maximum absolute atomic E-state index is 9.02. The Morgan fingerprint density at radius 1 is 1.62 bits per heavy atom. The first kappa shape index (κ1) is 12.5. The Morgan fingerprint density at radius 2 is 2.38 bits per heavy atom. The van der Waals surface area contributed by atoms with Crippen molar-refractivity contribution < 1.29 is 5.11 Å². The maximum atomic E-state index is 9.02. The van der Waals surface area contributed by atoms with E-state index in [-0.39, 0.29) is 12.1 Å². The van der Waals surface area contributed by atoms with Gasteiger partial charge in [-0.3, -0.25) is 4.98 Å². The Bertz CT molecular complexity index is 386. The average molecular weight is 219 g/mol. The van der Waals surface area contributed by atoms with Crippen LogP contribution in [0, 0.1) is 11.3 Å². The molecule has 4 heteroatoms. The molecule has 1 rings (SSSR count). The molecule has 0 aliphatic carbocycles. The molecule has 0 aliphatic heterocycles. The number of nitrogens with zero attached hydrogens (tertiary/aromatic N) is 2. The summed E-state index contributed by atoms with van der Waals surface area (Å²) in [6, 6.07) is 3.80. The van der Waals surface area contributed by atoms with Gasteiger partial charge in [-0.25, -0.2) is 0 Å². The van der Waals surface area contributed by atoms with Crippen LogP contribution in [0.25, 0.3) is 0 Å². The van der Waals surface area contributed by atoms with Gasteiger partial charge in [0.2, 0.25) is 0 Å². The van der Waals surface area contributed by atoms with Gasteiger partial charge >= 0.3 is 0 Å². The van der Waals surface area contributed by atoms with E-state index in [1.165, 1.54) is 0 Å². The number of nitrogens with one attached hydrogen (secondary N) is 1. The van der Waals surface area contributed by atoms with Gasteiger partial charge in [0.25, 0.3) is 0 Å². The van der Waals surface area contributed by atoms with E-state index in [4.69, 9.17) is 10.4 Å². The van der Waals surface area contributed by atoms with E-state index >= 15 is 0 Å². The van der Waals surface area contributed by atoms with E-state index in [0.29, 0.717) is 12.0 Å². The fourth-order valence-corrected chi connectivity index (χ4v) is 1.49. The number of hydrogen-bond donors (Lipinski definition) is 2. The van der Waals surface area contributed by atoms with Crippen molar-refractivity contribution in [2.75, 3.05) is 11.9 Å². The zero-order valence-corrected chi connectivity index (χ0v) is 9.70. The molecule has 2 N–H and O–H groups in total. The van der Waals surface area contributed by atoms with Crippen LogP contribution in [0.1, 0.15) is 32.3 Å². The SMILES string of the molecule is CCC(C)(CCO)Nc1cnccc1C#N. The first-order valence-electron chi connectivity index (χ1n) is 5.38. The zero-order chi connectivity index (χ0) is 12.0. The largest absolute Gasteiger partial charge is 0.396 e. The Morgan fingerprint density at radius 3 is 2.94 bits per heavy atom. The molecular formula is C12H17N3O. The Kier molecular flexibility index (Phi) is 4.27. The smallest absolute Gasteiger partial charge is 0.101 e. The lowest BCUT2D eigenvalue weighted by Crippen LogP contribution is -2.35. The highest BCUT2D eigenvalue weighted by molar-refractivity contribution is 5.56. The van der Waals surface area contributed by atoms with E-state index < -0.39 is 0 Å². The maximum Gasteiger partial charge on any atom is 0.101 e. The van der Waals surface area contributed by atoms with Crippen LogP contribution >= 0.6 is 0 Å². The summed E-state index contributed by atoms with van der Waals surface area (Å²) in [5.41, 5.74) is 1.10. The van der Waals surface area contributed by atoms with Crippen LogP contribution in [0.3, 0.4) is 0 Å². The van der Waals surface area contributed by atoms with Gasteiger partial charge in [0.15, 0.2) is 0 Å². The summed E-state index contributed by atoms with van der Waals surface area (Å²) in [4.78, 5) is 4.00. The highest BCUT2D eigenvalue weighted by atomic mass is 16.3. The van der Waals surface area contributed by atoms with Crippen molar-refractivity contribution in [1.82, 2.24) is 4.98 Å². The Labute approximate surface area is 95.9 Å². The van der Waals surface area contributed by atoms with Crippen LogP contribution in [0.4, 0.5) is 5.69 Å². The summed E-state index contributed by atoms with van der Waals surface area (Å²) in [7, 11) is 0. The second-order valence-corrected chi connectivity index (χ2v) is 4.05. The third-order valence-corrected chi connectivity index (χ3v) is 2.82. The van der Waals surface area contributed by atoms with Crippen LogP contribution in [0.5, 0.6) is 0 Å². The molecule has 1 aromatic heterocycles. The molecule has 1 heterocycles. The zero-order valence-electron chi connectivity index (χ0n) is 9.70. The number of nitriles is 1. The fourth-order valence-electron chi connectivity index (χ4n) is 1.49. The van der Waals surface area contributed by atoms with Crippen molar-refractivity contribution in [1.29, 1.82) is 5.26 Å². The molecule has 1 atom stereocenters. The summed E-state index contributed by atoms with van der Waals surface area (Å²) in [6.45, 7) is 4.20. The van der Waals surface area contributed by atoms with Crippen LogP contribution in [0.2, 0.25) is 0 Å². The molecule has 0 aliphatic rings. The molecule has 1 aromatic rings. The van der Waals surface area contributed by atoms with E-state index in [1.807, 2.05) is 13.8 Å². The van der Waals surface area contributed by atoms with Crippen molar-refractivity contribution >= 4 is 5.69 Å². The molecule has 0 bridgehead atoms. The summed E-state index contributed by atoms with van der Waals surface area (Å²) in [5, 5.41) is 21.2. The van der Waals surface area contributed by atoms with Gasteiger partial charge in [0.05, 0.1) is 17.4 Å². The molecule has 4 nitrogen and oxygen atoms in total. The highest BCUT2D eigenvalue weighted by Gasteiger charge is 2.22. The van der Waals surface area contributed by atoms with Crippen LogP contribution < -0.4 is 5.32 Å². The van der Waals surface area contributed by atoms with E-state index in [1.54, 1.807) is 18.5 Å². The molecule has 0 saturated carbocycles. The van der Waals surface area contributed by atoms with Crippen LogP contribution in [0.15, 0.2) is 18.5 Å². The molecule has 0 aromatic carbocycles. The number of pyridine rings is 1. The minimum atomic E-state index is -0.205. The molecule has 0 amide bonds. The predicted octanol–water partition coefficient (Wildman–Crippen LogP) is 1.92. The van der Waals surface area contributed by atoms with Gasteiger partial charge in [-0.1, -0.05) is 6.92 Å². The molecular weight excluding hydrogens is 202 g/mol. The number of anilines is 1. The average Bonchev–Trinajstić information content (AvgIpc) is 2.30. The monoisotopic (exact) mass is 219 g/mol. The summed E-state index contributed by atoms with van der Waals surface area (Å²) < 4.78 is 0. The second kappa shape index (κ2) is 5.47. The third kappa shape index (κ3) is 2.94. The van der Waals surface area contributed by atoms with Crippen molar-refractivity contribution in [2.45, 2.75) is 32.2 Å². The Balaban J connectivity index is 2.90. The molecule has 16 heavy (non-hydrogen) atoms. The topological polar surface area (TPSA) is 68.9 Å².